The summed E-state index contributed by atoms with van der Waals surface area (Å²) in [6.07, 6.45) is -0.227. The molecule has 0 spiro atoms. The highest BCUT2D eigenvalue weighted by molar-refractivity contribution is 6.11. The van der Waals surface area contributed by atoms with Gasteiger partial charge >= 0.3 is 17.9 Å². The smallest absolute Gasteiger partial charge is 0.306 e. The van der Waals surface area contributed by atoms with Gasteiger partial charge in [0.25, 0.3) is 0 Å². The summed E-state index contributed by atoms with van der Waals surface area (Å²) in [4.78, 5) is 48.1. The molecule has 0 N–H and O–H groups in total. The highest BCUT2D eigenvalue weighted by atomic mass is 16.5. The van der Waals surface area contributed by atoms with Crippen LogP contribution in [-0.4, -0.2) is 44.5 Å². The zero-order chi connectivity index (χ0) is 24.5. The van der Waals surface area contributed by atoms with Crippen molar-refractivity contribution in [2.45, 2.75) is 46.8 Å². The van der Waals surface area contributed by atoms with Gasteiger partial charge in [-0.3, -0.25) is 19.2 Å². The molecule has 0 heterocycles. The molecule has 9 heteroatoms. The first-order chi connectivity index (χ1) is 15.7. The Morgan fingerprint density at radius 2 is 1.39 bits per heavy atom. The maximum absolute atomic E-state index is 13.3. The van der Waals surface area contributed by atoms with E-state index in [1.54, 1.807) is 25.1 Å². The fourth-order valence-electron chi connectivity index (χ4n) is 3.37. The largest absolute Gasteiger partial charge is 0.493 e. The lowest BCUT2D eigenvalue weighted by atomic mass is 9.90. The third-order valence-corrected chi connectivity index (χ3v) is 4.84. The third-order valence-electron chi connectivity index (χ3n) is 4.84. The Morgan fingerprint density at radius 3 is 1.97 bits per heavy atom. The molecule has 0 aliphatic heterocycles. The number of carbonyl (C=O) groups is 4. The van der Waals surface area contributed by atoms with Crippen LogP contribution in [-0.2, 0) is 41.8 Å². The van der Waals surface area contributed by atoms with E-state index < -0.39 is 17.9 Å². The quantitative estimate of drug-likeness (QED) is 0.282. The van der Waals surface area contributed by atoms with Crippen LogP contribution in [0.4, 0.5) is 0 Å². The lowest BCUT2D eigenvalue weighted by Gasteiger charge is -2.19. The second-order valence-corrected chi connectivity index (χ2v) is 7.11. The van der Waals surface area contributed by atoms with Gasteiger partial charge in [0.15, 0.2) is 17.3 Å². The monoisotopic (exact) mass is 460 g/mol. The predicted molar refractivity (Wildman–Crippen MR) is 118 cm³/mol. The van der Waals surface area contributed by atoms with Gasteiger partial charge in [0.05, 0.1) is 27.2 Å². The fraction of sp³-hybridized carbons (Fsp3) is 0.417. The molecular formula is C24H28O9. The van der Waals surface area contributed by atoms with Crippen molar-refractivity contribution in [1.29, 1.82) is 0 Å². The summed E-state index contributed by atoms with van der Waals surface area (Å²) in [6, 6.07) is 5.09. The summed E-state index contributed by atoms with van der Waals surface area (Å²) in [5, 5.41) is 1.15. The van der Waals surface area contributed by atoms with E-state index in [2.05, 4.69) is 0 Å². The highest BCUT2D eigenvalue weighted by Gasteiger charge is 2.23. The van der Waals surface area contributed by atoms with E-state index in [0.717, 1.165) is 0 Å². The minimum Gasteiger partial charge on any atom is -0.493 e. The van der Waals surface area contributed by atoms with Crippen molar-refractivity contribution in [3.05, 3.63) is 34.9 Å². The number of hydrogen-bond donors (Lipinski definition) is 0. The van der Waals surface area contributed by atoms with E-state index in [1.807, 2.05) is 0 Å². The SMILES string of the molecule is CCOC(=O)CCC(=O)c1c(COC(C)=O)c(COC(C)=O)cc2cc(OC)c(OC)cc12. The number of ketones is 1. The Morgan fingerprint density at radius 1 is 0.788 bits per heavy atom. The van der Waals surface area contributed by atoms with Crippen molar-refractivity contribution in [1.82, 2.24) is 0 Å². The van der Waals surface area contributed by atoms with Gasteiger partial charge in [-0.05, 0) is 41.5 Å². The molecule has 33 heavy (non-hydrogen) atoms. The van der Waals surface area contributed by atoms with Gasteiger partial charge in [-0.15, -0.1) is 0 Å². The Balaban J connectivity index is 2.72. The lowest BCUT2D eigenvalue weighted by Crippen LogP contribution is -2.14. The lowest BCUT2D eigenvalue weighted by molar-refractivity contribution is -0.143. The zero-order valence-corrected chi connectivity index (χ0v) is 19.4. The molecule has 0 bridgehead atoms. The summed E-state index contributed by atoms with van der Waals surface area (Å²) < 4.78 is 26.1. The number of methoxy groups -OCH3 is 2. The molecule has 0 saturated carbocycles. The van der Waals surface area contributed by atoms with Crippen molar-refractivity contribution < 1.29 is 42.9 Å². The molecule has 2 aromatic rings. The maximum atomic E-state index is 13.3. The molecule has 0 radical (unpaired) electrons. The van der Waals surface area contributed by atoms with Crippen LogP contribution in [0.25, 0.3) is 10.8 Å². The average molecular weight is 460 g/mol. The molecule has 0 aliphatic carbocycles. The van der Waals surface area contributed by atoms with Gasteiger partial charge in [-0.25, -0.2) is 0 Å². The van der Waals surface area contributed by atoms with Crippen LogP contribution in [0.15, 0.2) is 18.2 Å². The van der Waals surface area contributed by atoms with E-state index in [0.29, 0.717) is 33.4 Å². The Hall–Kier alpha value is -3.62. The van der Waals surface area contributed by atoms with Crippen molar-refractivity contribution in [3.63, 3.8) is 0 Å². The van der Waals surface area contributed by atoms with Gasteiger partial charge in [0.1, 0.15) is 13.2 Å². The van der Waals surface area contributed by atoms with E-state index in [1.165, 1.54) is 28.1 Å². The molecule has 0 amide bonds. The van der Waals surface area contributed by atoms with Crippen LogP contribution in [0, 0.1) is 0 Å². The minimum absolute atomic E-state index is 0.108. The molecule has 0 aromatic heterocycles. The van der Waals surface area contributed by atoms with E-state index in [4.69, 9.17) is 23.7 Å². The molecule has 0 fully saturated rings. The highest BCUT2D eigenvalue weighted by Crippen LogP contribution is 2.37. The molecule has 0 atom stereocenters. The maximum Gasteiger partial charge on any atom is 0.306 e. The molecular weight excluding hydrogens is 432 g/mol. The average Bonchev–Trinajstić information content (AvgIpc) is 2.78. The fourth-order valence-corrected chi connectivity index (χ4v) is 3.37. The predicted octanol–water partition coefficient (Wildman–Crippen LogP) is 3.51. The first-order valence-electron chi connectivity index (χ1n) is 10.4. The number of ether oxygens (including phenoxy) is 5. The molecule has 2 rings (SSSR count). The van der Waals surface area contributed by atoms with Crippen LogP contribution in [0.2, 0.25) is 0 Å². The van der Waals surface area contributed by atoms with Gasteiger partial charge in [0, 0.05) is 31.4 Å². The first kappa shape index (κ1) is 25.6. The van der Waals surface area contributed by atoms with Gasteiger partial charge in [0.2, 0.25) is 0 Å². The molecule has 2 aromatic carbocycles. The third kappa shape index (κ3) is 6.68. The number of rotatable bonds is 11. The van der Waals surface area contributed by atoms with Gasteiger partial charge in [-0.2, -0.15) is 0 Å². The molecule has 0 aliphatic rings. The molecule has 0 saturated heterocycles. The van der Waals surface area contributed by atoms with Crippen LogP contribution < -0.4 is 9.47 Å². The first-order valence-corrected chi connectivity index (χ1v) is 10.4. The second kappa shape index (κ2) is 11.8. The summed E-state index contributed by atoms with van der Waals surface area (Å²) in [6.45, 7) is 4.07. The van der Waals surface area contributed by atoms with Crippen molar-refractivity contribution in [2.75, 3.05) is 20.8 Å². The molecule has 9 nitrogen and oxygen atoms in total. The number of carbonyl (C=O) groups excluding carboxylic acids is 4. The van der Waals surface area contributed by atoms with Crippen LogP contribution in [0.5, 0.6) is 11.5 Å². The van der Waals surface area contributed by atoms with Crippen molar-refractivity contribution in [2.24, 2.45) is 0 Å². The summed E-state index contributed by atoms with van der Waals surface area (Å²) in [5.74, 6) is -1.04. The van der Waals surface area contributed by atoms with Crippen LogP contribution >= 0.6 is 0 Å². The van der Waals surface area contributed by atoms with Crippen molar-refractivity contribution in [3.8, 4) is 11.5 Å². The number of fused-ring (bicyclic) bond motifs is 1. The van der Waals surface area contributed by atoms with Crippen LogP contribution in [0.3, 0.4) is 0 Å². The number of esters is 3. The minimum atomic E-state index is -0.536. The standard InChI is InChI=1S/C24H28O9/c1-6-31-23(28)8-7-20(27)24-18-11-22(30-5)21(29-4)10-16(18)9-17(12-32-14(2)25)19(24)13-33-15(3)26/h9-11H,6-8,12-13H2,1-5H3. The molecule has 0 unspecified atom stereocenters. The number of hydrogen-bond acceptors (Lipinski definition) is 9. The summed E-state index contributed by atoms with van der Waals surface area (Å²) in [5.41, 5.74) is 1.13. The van der Waals surface area contributed by atoms with E-state index >= 15 is 0 Å². The number of benzene rings is 2. The zero-order valence-electron chi connectivity index (χ0n) is 19.4. The Kier molecular flexibility index (Phi) is 9.20. The normalized spacial score (nSPS) is 10.5. The second-order valence-electron chi connectivity index (χ2n) is 7.11. The van der Waals surface area contributed by atoms with Crippen LogP contribution in [0.1, 0.15) is 55.1 Å². The van der Waals surface area contributed by atoms with Crippen molar-refractivity contribution >= 4 is 34.5 Å². The van der Waals surface area contributed by atoms with Gasteiger partial charge < -0.3 is 23.7 Å². The Bertz CT molecular complexity index is 1060. The van der Waals surface area contributed by atoms with Gasteiger partial charge in [-0.1, -0.05) is 0 Å². The van der Waals surface area contributed by atoms with E-state index in [9.17, 15) is 19.2 Å². The molecule has 178 valence electrons. The summed E-state index contributed by atoms with van der Waals surface area (Å²) >= 11 is 0. The number of Topliss-reactive ketones (excluding diaryl/α,β-unsaturated/α-hetero) is 1. The van der Waals surface area contributed by atoms with E-state index in [-0.39, 0.29) is 44.0 Å². The summed E-state index contributed by atoms with van der Waals surface area (Å²) in [7, 11) is 2.96. The topological polar surface area (TPSA) is 114 Å². The Labute approximate surface area is 191 Å².